The molecule has 0 bridgehead atoms. The molecule has 2 N–H and O–H groups in total. The molecule has 0 saturated carbocycles. The number of rotatable bonds is 5. The summed E-state index contributed by atoms with van der Waals surface area (Å²) in [6, 6.07) is 15.3. The fourth-order valence-electron chi connectivity index (χ4n) is 2.57. The van der Waals surface area contributed by atoms with Crippen molar-refractivity contribution in [3.63, 3.8) is 0 Å². The van der Waals surface area contributed by atoms with Crippen LogP contribution in [-0.4, -0.2) is 11.6 Å². The van der Waals surface area contributed by atoms with Crippen LogP contribution in [0.15, 0.2) is 59.2 Å². The average Bonchev–Trinajstić information content (AvgIpc) is 3.05. The summed E-state index contributed by atoms with van der Waals surface area (Å²) >= 11 is 0. The Morgan fingerprint density at radius 3 is 2.31 bits per heavy atom. The van der Waals surface area contributed by atoms with E-state index in [1.165, 1.54) is 0 Å². The summed E-state index contributed by atoms with van der Waals surface area (Å²) in [5.41, 5.74) is 2.60. The zero-order valence-electron chi connectivity index (χ0n) is 15.3. The predicted octanol–water partition coefficient (Wildman–Crippen LogP) is 4.61. The van der Waals surface area contributed by atoms with E-state index in [2.05, 4.69) is 10.6 Å². The molecule has 0 aliphatic heterocycles. The lowest BCUT2D eigenvalue weighted by atomic mass is 10.1. The van der Waals surface area contributed by atoms with Crippen molar-refractivity contribution in [1.82, 2.24) is 10.6 Å². The van der Waals surface area contributed by atoms with Crippen molar-refractivity contribution in [2.24, 2.45) is 0 Å². The van der Waals surface area contributed by atoms with E-state index in [4.69, 9.17) is 9.15 Å². The Labute approximate surface area is 153 Å². The quantitative estimate of drug-likeness (QED) is 0.705. The molecule has 1 heterocycles. The molecule has 136 valence electrons. The number of hydrogen-bond acceptors (Lipinski definition) is 3. The van der Waals surface area contributed by atoms with Gasteiger partial charge in [0.2, 0.25) is 0 Å². The maximum atomic E-state index is 12.0. The van der Waals surface area contributed by atoms with Crippen LogP contribution in [0.4, 0.5) is 4.79 Å². The van der Waals surface area contributed by atoms with Crippen molar-refractivity contribution in [1.29, 1.82) is 0 Å². The number of hydrogen-bond donors (Lipinski definition) is 2. The Bertz CT molecular complexity index is 876. The van der Waals surface area contributed by atoms with Crippen molar-refractivity contribution in [2.45, 2.75) is 39.5 Å². The highest BCUT2D eigenvalue weighted by Crippen LogP contribution is 2.18. The number of benzene rings is 2. The average molecular weight is 352 g/mol. The lowest BCUT2D eigenvalue weighted by Gasteiger charge is -2.21. The van der Waals surface area contributed by atoms with Gasteiger partial charge in [0.1, 0.15) is 16.9 Å². The van der Waals surface area contributed by atoms with Crippen LogP contribution in [0.1, 0.15) is 31.9 Å². The summed E-state index contributed by atoms with van der Waals surface area (Å²) in [7, 11) is 0. The second kappa shape index (κ2) is 7.52. The summed E-state index contributed by atoms with van der Waals surface area (Å²) < 4.78 is 11.2. The van der Waals surface area contributed by atoms with Crippen molar-refractivity contribution >= 4 is 17.0 Å². The first-order chi connectivity index (χ1) is 12.4. The van der Waals surface area contributed by atoms with Gasteiger partial charge in [-0.3, -0.25) is 0 Å². The Balaban J connectivity index is 1.46. The highest BCUT2D eigenvalue weighted by Gasteiger charge is 2.11. The minimum atomic E-state index is -0.224. The standard InChI is InChI=1S/C21H24N2O3/c1-21(2,3)26-18-8-5-15(6-9-18)13-22-20(24)23-14-16-4-7-17-10-11-25-19(17)12-16/h4-12H,13-14H2,1-3H3,(H2,22,23,24). The molecule has 0 saturated heterocycles. The van der Waals surface area contributed by atoms with Gasteiger partial charge in [0.25, 0.3) is 0 Å². The number of ether oxygens (including phenoxy) is 1. The number of nitrogens with one attached hydrogen (secondary N) is 2. The lowest BCUT2D eigenvalue weighted by molar-refractivity contribution is 0.131. The normalized spacial score (nSPS) is 11.3. The molecule has 0 fully saturated rings. The van der Waals surface area contributed by atoms with Gasteiger partial charge in [0.05, 0.1) is 6.26 Å². The van der Waals surface area contributed by atoms with Crippen LogP contribution in [0.25, 0.3) is 11.0 Å². The Hall–Kier alpha value is -2.95. The molecule has 1 aromatic heterocycles. The fourth-order valence-corrected chi connectivity index (χ4v) is 2.57. The van der Waals surface area contributed by atoms with E-state index in [-0.39, 0.29) is 11.6 Å². The molecule has 3 rings (SSSR count). The minimum absolute atomic E-state index is 0.209. The van der Waals surface area contributed by atoms with Gasteiger partial charge in [-0.05, 0) is 56.2 Å². The Morgan fingerprint density at radius 1 is 0.962 bits per heavy atom. The van der Waals surface area contributed by atoms with E-state index in [1.807, 2.05) is 69.3 Å². The second-order valence-corrected chi connectivity index (χ2v) is 7.19. The molecule has 2 amide bonds. The summed E-state index contributed by atoms with van der Waals surface area (Å²) in [6.45, 7) is 6.93. The van der Waals surface area contributed by atoms with Gasteiger partial charge in [-0.1, -0.05) is 24.3 Å². The van der Waals surface area contributed by atoms with Crippen LogP contribution in [0, 0.1) is 0 Å². The molecule has 0 aliphatic rings. The van der Waals surface area contributed by atoms with Crippen molar-refractivity contribution in [3.8, 4) is 5.75 Å². The van der Waals surface area contributed by atoms with E-state index in [0.29, 0.717) is 13.1 Å². The molecule has 0 aliphatic carbocycles. The van der Waals surface area contributed by atoms with Gasteiger partial charge in [-0.25, -0.2) is 4.79 Å². The maximum absolute atomic E-state index is 12.0. The molecule has 5 heteroatoms. The van der Waals surface area contributed by atoms with Crippen molar-refractivity contribution in [3.05, 3.63) is 65.9 Å². The SMILES string of the molecule is CC(C)(C)Oc1ccc(CNC(=O)NCc2ccc3ccoc3c2)cc1. The van der Waals surface area contributed by atoms with Gasteiger partial charge in [-0.2, -0.15) is 0 Å². The second-order valence-electron chi connectivity index (χ2n) is 7.19. The van der Waals surface area contributed by atoms with Crippen LogP contribution in [0.2, 0.25) is 0 Å². The first-order valence-corrected chi connectivity index (χ1v) is 8.65. The van der Waals surface area contributed by atoms with E-state index < -0.39 is 0 Å². The third-order valence-electron chi connectivity index (χ3n) is 3.77. The number of furan rings is 1. The van der Waals surface area contributed by atoms with E-state index in [1.54, 1.807) is 6.26 Å². The smallest absolute Gasteiger partial charge is 0.315 e. The van der Waals surface area contributed by atoms with Crippen molar-refractivity contribution < 1.29 is 13.9 Å². The van der Waals surface area contributed by atoms with E-state index >= 15 is 0 Å². The number of amides is 2. The monoisotopic (exact) mass is 352 g/mol. The Kier molecular flexibility index (Phi) is 5.16. The van der Waals surface area contributed by atoms with Gasteiger partial charge >= 0.3 is 6.03 Å². The molecular formula is C21H24N2O3. The maximum Gasteiger partial charge on any atom is 0.315 e. The summed E-state index contributed by atoms with van der Waals surface area (Å²) in [5, 5.41) is 6.76. The lowest BCUT2D eigenvalue weighted by Crippen LogP contribution is -2.34. The van der Waals surface area contributed by atoms with Crippen LogP contribution in [-0.2, 0) is 13.1 Å². The first-order valence-electron chi connectivity index (χ1n) is 8.65. The Morgan fingerprint density at radius 2 is 1.62 bits per heavy atom. The summed E-state index contributed by atoms with van der Waals surface area (Å²) in [5.74, 6) is 0.819. The summed E-state index contributed by atoms with van der Waals surface area (Å²) in [4.78, 5) is 12.0. The molecule has 2 aromatic carbocycles. The number of urea groups is 1. The first kappa shape index (κ1) is 17.9. The number of fused-ring (bicyclic) bond motifs is 1. The van der Waals surface area contributed by atoms with E-state index in [9.17, 15) is 4.79 Å². The molecule has 26 heavy (non-hydrogen) atoms. The van der Waals surface area contributed by atoms with Crippen LogP contribution < -0.4 is 15.4 Å². The molecule has 0 spiro atoms. The van der Waals surface area contributed by atoms with E-state index in [0.717, 1.165) is 27.8 Å². The topological polar surface area (TPSA) is 63.5 Å². The molecule has 0 unspecified atom stereocenters. The fraction of sp³-hybridized carbons (Fsp3) is 0.286. The predicted molar refractivity (Wildman–Crippen MR) is 102 cm³/mol. The van der Waals surface area contributed by atoms with Crippen LogP contribution >= 0.6 is 0 Å². The third kappa shape index (κ3) is 5.02. The highest BCUT2D eigenvalue weighted by molar-refractivity contribution is 5.78. The van der Waals surface area contributed by atoms with Gasteiger partial charge < -0.3 is 19.8 Å². The largest absolute Gasteiger partial charge is 0.488 e. The minimum Gasteiger partial charge on any atom is -0.488 e. The van der Waals surface area contributed by atoms with Gasteiger partial charge in [-0.15, -0.1) is 0 Å². The highest BCUT2D eigenvalue weighted by atomic mass is 16.5. The molecule has 0 atom stereocenters. The third-order valence-corrected chi connectivity index (χ3v) is 3.77. The molecule has 5 nitrogen and oxygen atoms in total. The van der Waals surface area contributed by atoms with Gasteiger partial charge in [0.15, 0.2) is 0 Å². The zero-order valence-corrected chi connectivity index (χ0v) is 15.3. The van der Waals surface area contributed by atoms with Crippen LogP contribution in [0.5, 0.6) is 5.75 Å². The zero-order chi connectivity index (χ0) is 18.6. The number of carbonyl (C=O) groups excluding carboxylic acids is 1. The molecule has 3 aromatic rings. The number of carbonyl (C=O) groups is 1. The molecule has 0 radical (unpaired) electrons. The van der Waals surface area contributed by atoms with Crippen LogP contribution in [0.3, 0.4) is 0 Å². The van der Waals surface area contributed by atoms with Gasteiger partial charge in [0, 0.05) is 18.5 Å². The van der Waals surface area contributed by atoms with Crippen molar-refractivity contribution in [2.75, 3.05) is 0 Å². The summed E-state index contributed by atoms with van der Waals surface area (Å²) in [6.07, 6.45) is 1.66. The molecular weight excluding hydrogens is 328 g/mol.